The summed E-state index contributed by atoms with van der Waals surface area (Å²) >= 11 is 0. The molecule has 1 aromatic carbocycles. The minimum atomic E-state index is -2.76. The van der Waals surface area contributed by atoms with Gasteiger partial charge in [0.05, 0.1) is 0 Å². The van der Waals surface area contributed by atoms with Crippen LogP contribution in [0.25, 0.3) is 0 Å². The van der Waals surface area contributed by atoms with Gasteiger partial charge in [0.25, 0.3) is 0 Å². The fourth-order valence-electron chi connectivity index (χ4n) is 1.37. The van der Waals surface area contributed by atoms with Crippen LogP contribution < -0.4 is 10.1 Å². The standard InChI is InChI=1S/C13H17F2NO/c1-2-3-4-9-16-10-11-5-7-12(8-6-11)17-13(14)15/h2-3,5-8,13,16H,4,9-10H2,1H3/b3-2+. The van der Waals surface area contributed by atoms with E-state index in [1.54, 1.807) is 24.3 Å². The van der Waals surface area contributed by atoms with Crippen molar-refractivity contribution in [1.82, 2.24) is 5.32 Å². The van der Waals surface area contributed by atoms with Crippen LogP contribution in [0.15, 0.2) is 36.4 Å². The van der Waals surface area contributed by atoms with Crippen LogP contribution in [-0.4, -0.2) is 13.2 Å². The summed E-state index contributed by atoms with van der Waals surface area (Å²) in [6, 6.07) is 6.66. The maximum Gasteiger partial charge on any atom is 0.387 e. The van der Waals surface area contributed by atoms with Crippen LogP contribution in [0.4, 0.5) is 8.78 Å². The number of nitrogens with one attached hydrogen (secondary N) is 1. The van der Waals surface area contributed by atoms with Crippen molar-refractivity contribution in [3.05, 3.63) is 42.0 Å². The van der Waals surface area contributed by atoms with Gasteiger partial charge in [-0.05, 0) is 37.6 Å². The normalized spacial score (nSPS) is 11.3. The molecule has 0 fully saturated rings. The van der Waals surface area contributed by atoms with Gasteiger partial charge < -0.3 is 10.1 Å². The highest BCUT2D eigenvalue weighted by Gasteiger charge is 2.03. The van der Waals surface area contributed by atoms with Crippen LogP contribution in [0.2, 0.25) is 0 Å². The van der Waals surface area contributed by atoms with Crippen molar-refractivity contribution in [2.75, 3.05) is 6.54 Å². The summed E-state index contributed by atoms with van der Waals surface area (Å²) in [5.74, 6) is 0.192. The lowest BCUT2D eigenvalue weighted by Crippen LogP contribution is -2.13. The Labute approximate surface area is 100 Å². The van der Waals surface area contributed by atoms with Crippen LogP contribution >= 0.6 is 0 Å². The maximum absolute atomic E-state index is 11.9. The number of benzene rings is 1. The molecule has 0 amide bonds. The first-order valence-electron chi connectivity index (χ1n) is 5.58. The second kappa shape index (κ2) is 7.79. The molecule has 17 heavy (non-hydrogen) atoms. The van der Waals surface area contributed by atoms with Gasteiger partial charge >= 0.3 is 6.61 Å². The highest BCUT2D eigenvalue weighted by Crippen LogP contribution is 2.14. The van der Waals surface area contributed by atoms with E-state index in [2.05, 4.69) is 16.1 Å². The van der Waals surface area contributed by atoms with Crippen molar-refractivity contribution < 1.29 is 13.5 Å². The summed E-state index contributed by atoms with van der Waals surface area (Å²) < 4.78 is 28.1. The summed E-state index contributed by atoms with van der Waals surface area (Å²) in [5.41, 5.74) is 1.05. The van der Waals surface area contributed by atoms with Gasteiger partial charge in [-0.25, -0.2) is 0 Å². The third-order valence-corrected chi connectivity index (χ3v) is 2.20. The van der Waals surface area contributed by atoms with E-state index in [1.807, 2.05) is 13.0 Å². The van der Waals surface area contributed by atoms with E-state index in [0.717, 1.165) is 25.1 Å². The zero-order chi connectivity index (χ0) is 12.5. The Morgan fingerprint density at radius 3 is 2.59 bits per heavy atom. The Balaban J connectivity index is 2.30. The van der Waals surface area contributed by atoms with Gasteiger partial charge in [-0.15, -0.1) is 0 Å². The Kier molecular flexibility index (Phi) is 6.25. The average Bonchev–Trinajstić information content (AvgIpc) is 2.30. The molecule has 0 aromatic heterocycles. The zero-order valence-corrected chi connectivity index (χ0v) is 9.83. The Hall–Kier alpha value is -1.42. The first kappa shape index (κ1) is 13.6. The molecule has 0 aliphatic carbocycles. The number of hydrogen-bond donors (Lipinski definition) is 1. The SMILES string of the molecule is C/C=C/CCNCc1ccc(OC(F)F)cc1. The van der Waals surface area contributed by atoms with E-state index < -0.39 is 6.61 Å². The lowest BCUT2D eigenvalue weighted by molar-refractivity contribution is -0.0498. The van der Waals surface area contributed by atoms with Crippen LogP contribution in [0.3, 0.4) is 0 Å². The molecule has 2 nitrogen and oxygen atoms in total. The summed E-state index contributed by atoms with van der Waals surface area (Å²) in [5, 5.41) is 3.26. The predicted octanol–water partition coefficient (Wildman–Crippen LogP) is 3.34. The molecule has 0 heterocycles. The molecule has 94 valence electrons. The van der Waals surface area contributed by atoms with Crippen molar-refractivity contribution in [3.8, 4) is 5.75 Å². The van der Waals surface area contributed by atoms with Crippen LogP contribution in [0, 0.1) is 0 Å². The fourth-order valence-corrected chi connectivity index (χ4v) is 1.37. The molecular formula is C13H17F2NO. The van der Waals surface area contributed by atoms with Gasteiger partial charge in [0.2, 0.25) is 0 Å². The smallest absolute Gasteiger partial charge is 0.387 e. The molecule has 0 unspecified atom stereocenters. The van der Waals surface area contributed by atoms with Crippen molar-refractivity contribution in [2.24, 2.45) is 0 Å². The quantitative estimate of drug-likeness (QED) is 0.584. The van der Waals surface area contributed by atoms with E-state index in [9.17, 15) is 8.78 Å². The lowest BCUT2D eigenvalue weighted by Gasteiger charge is -2.06. The molecule has 0 aliphatic rings. The highest BCUT2D eigenvalue weighted by molar-refractivity contribution is 5.27. The van der Waals surface area contributed by atoms with Crippen molar-refractivity contribution in [1.29, 1.82) is 0 Å². The molecule has 0 aliphatic heterocycles. The van der Waals surface area contributed by atoms with E-state index in [1.165, 1.54) is 0 Å². The minimum absolute atomic E-state index is 0.192. The third kappa shape index (κ3) is 6.02. The third-order valence-electron chi connectivity index (χ3n) is 2.20. The number of allylic oxidation sites excluding steroid dienone is 1. The van der Waals surface area contributed by atoms with Crippen LogP contribution in [-0.2, 0) is 6.54 Å². The predicted molar refractivity (Wildman–Crippen MR) is 64.2 cm³/mol. The molecular weight excluding hydrogens is 224 g/mol. The molecule has 0 saturated heterocycles. The number of alkyl halides is 2. The molecule has 0 radical (unpaired) electrons. The van der Waals surface area contributed by atoms with Gasteiger partial charge in [-0.1, -0.05) is 24.3 Å². The Morgan fingerprint density at radius 1 is 1.29 bits per heavy atom. The van der Waals surface area contributed by atoms with E-state index in [-0.39, 0.29) is 5.75 Å². The summed E-state index contributed by atoms with van der Waals surface area (Å²) in [4.78, 5) is 0. The molecule has 0 spiro atoms. The topological polar surface area (TPSA) is 21.3 Å². The first-order chi connectivity index (χ1) is 8.22. The summed E-state index contributed by atoms with van der Waals surface area (Å²) in [6.45, 7) is 0.855. The summed E-state index contributed by atoms with van der Waals surface area (Å²) in [6.07, 6.45) is 5.09. The van der Waals surface area contributed by atoms with Crippen LogP contribution in [0.5, 0.6) is 5.75 Å². The van der Waals surface area contributed by atoms with Gasteiger partial charge in [0.1, 0.15) is 5.75 Å². The number of hydrogen-bond acceptors (Lipinski definition) is 2. The second-order valence-electron chi connectivity index (χ2n) is 3.56. The van der Waals surface area contributed by atoms with Crippen molar-refractivity contribution >= 4 is 0 Å². The van der Waals surface area contributed by atoms with Crippen LogP contribution in [0.1, 0.15) is 18.9 Å². The summed E-state index contributed by atoms with van der Waals surface area (Å²) in [7, 11) is 0. The maximum atomic E-state index is 11.9. The molecule has 1 aromatic rings. The lowest BCUT2D eigenvalue weighted by atomic mass is 10.2. The number of rotatable bonds is 7. The van der Waals surface area contributed by atoms with Crippen molar-refractivity contribution in [2.45, 2.75) is 26.5 Å². The fraction of sp³-hybridized carbons (Fsp3) is 0.385. The molecule has 1 N–H and O–H groups in total. The van der Waals surface area contributed by atoms with E-state index in [4.69, 9.17) is 0 Å². The van der Waals surface area contributed by atoms with E-state index >= 15 is 0 Å². The molecule has 0 atom stereocenters. The second-order valence-corrected chi connectivity index (χ2v) is 3.56. The largest absolute Gasteiger partial charge is 0.435 e. The molecule has 0 saturated carbocycles. The Morgan fingerprint density at radius 2 is 2.00 bits per heavy atom. The van der Waals surface area contributed by atoms with Gasteiger partial charge in [-0.3, -0.25) is 0 Å². The monoisotopic (exact) mass is 241 g/mol. The van der Waals surface area contributed by atoms with E-state index in [0.29, 0.717) is 0 Å². The molecule has 4 heteroatoms. The number of ether oxygens (including phenoxy) is 1. The number of halogens is 2. The Bertz CT molecular complexity index is 336. The highest BCUT2D eigenvalue weighted by atomic mass is 19.3. The van der Waals surface area contributed by atoms with Gasteiger partial charge in [0.15, 0.2) is 0 Å². The molecule has 1 rings (SSSR count). The van der Waals surface area contributed by atoms with Crippen molar-refractivity contribution in [3.63, 3.8) is 0 Å². The van der Waals surface area contributed by atoms with Gasteiger partial charge in [0, 0.05) is 6.54 Å². The molecule has 0 bridgehead atoms. The zero-order valence-electron chi connectivity index (χ0n) is 9.83. The van der Waals surface area contributed by atoms with Gasteiger partial charge in [-0.2, -0.15) is 8.78 Å². The first-order valence-corrected chi connectivity index (χ1v) is 5.58. The minimum Gasteiger partial charge on any atom is -0.435 e. The average molecular weight is 241 g/mol.